The molecule has 0 spiro atoms. The fraction of sp³-hybridized carbons (Fsp3) is 0.200. The van der Waals surface area contributed by atoms with Gasteiger partial charge in [-0.3, -0.25) is 4.79 Å². The van der Waals surface area contributed by atoms with Crippen molar-refractivity contribution in [3.8, 4) is 17.2 Å². The maximum atomic E-state index is 13.6. The van der Waals surface area contributed by atoms with Gasteiger partial charge in [0.15, 0.2) is 17.3 Å². The summed E-state index contributed by atoms with van der Waals surface area (Å²) in [4.78, 5) is 26.6. The SMILES string of the molecule is COc1cccc(Cl)c1C(=O)[P+](=O)c1c(OC)c(C)c(C(=O)c2ccccc2)c(C)c1OC. The molecule has 33 heavy (non-hydrogen) atoms. The molecule has 3 aromatic rings. The summed E-state index contributed by atoms with van der Waals surface area (Å²) in [6.07, 6.45) is 0. The van der Waals surface area contributed by atoms with Crippen LogP contribution in [0.2, 0.25) is 5.02 Å². The van der Waals surface area contributed by atoms with Crippen molar-refractivity contribution < 1.29 is 28.4 Å². The maximum Gasteiger partial charge on any atom is 0.466 e. The molecule has 0 aliphatic heterocycles. The van der Waals surface area contributed by atoms with E-state index in [2.05, 4.69) is 0 Å². The van der Waals surface area contributed by atoms with Crippen molar-refractivity contribution in [1.29, 1.82) is 0 Å². The van der Waals surface area contributed by atoms with Crippen molar-refractivity contribution in [2.45, 2.75) is 13.8 Å². The van der Waals surface area contributed by atoms with Crippen molar-refractivity contribution in [1.82, 2.24) is 0 Å². The molecule has 0 heterocycles. The second kappa shape index (κ2) is 10.2. The third-order valence-corrected chi connectivity index (χ3v) is 7.05. The van der Waals surface area contributed by atoms with E-state index in [9.17, 15) is 14.2 Å². The van der Waals surface area contributed by atoms with Crippen LogP contribution in [0.4, 0.5) is 0 Å². The lowest BCUT2D eigenvalue weighted by Crippen LogP contribution is -2.18. The fourth-order valence-electron chi connectivity index (χ4n) is 3.81. The van der Waals surface area contributed by atoms with Crippen LogP contribution in [-0.2, 0) is 4.57 Å². The smallest absolute Gasteiger partial charge is 0.466 e. The van der Waals surface area contributed by atoms with Crippen LogP contribution in [0.25, 0.3) is 0 Å². The lowest BCUT2D eigenvalue weighted by Gasteiger charge is -2.17. The molecular formula is C25H23ClO6P+. The van der Waals surface area contributed by atoms with Crippen molar-refractivity contribution in [2.75, 3.05) is 21.3 Å². The number of carbonyl (C=O) groups is 2. The number of hydrogen-bond donors (Lipinski definition) is 0. The lowest BCUT2D eigenvalue weighted by atomic mass is 9.93. The van der Waals surface area contributed by atoms with Crippen molar-refractivity contribution in [3.05, 3.63) is 81.4 Å². The first kappa shape index (κ1) is 24.4. The molecule has 0 aliphatic carbocycles. The third kappa shape index (κ3) is 4.37. The first-order chi connectivity index (χ1) is 15.8. The molecule has 0 aliphatic rings. The second-order valence-electron chi connectivity index (χ2n) is 7.15. The molecule has 170 valence electrons. The van der Waals surface area contributed by atoms with Gasteiger partial charge in [0.1, 0.15) is 11.3 Å². The minimum Gasteiger partial charge on any atom is -0.496 e. The molecular weight excluding hydrogens is 463 g/mol. The topological polar surface area (TPSA) is 78.9 Å². The first-order valence-corrected chi connectivity index (χ1v) is 11.6. The highest BCUT2D eigenvalue weighted by molar-refractivity contribution is 7.72. The van der Waals surface area contributed by atoms with E-state index in [4.69, 9.17) is 25.8 Å². The largest absolute Gasteiger partial charge is 0.496 e. The molecule has 8 heteroatoms. The summed E-state index contributed by atoms with van der Waals surface area (Å²) in [7, 11) is 1.44. The normalized spacial score (nSPS) is 11.0. The van der Waals surface area contributed by atoms with E-state index >= 15 is 0 Å². The van der Waals surface area contributed by atoms with Crippen LogP contribution in [0.5, 0.6) is 17.2 Å². The molecule has 0 aromatic heterocycles. The number of ether oxygens (including phenoxy) is 3. The first-order valence-electron chi connectivity index (χ1n) is 9.97. The van der Waals surface area contributed by atoms with E-state index in [0.717, 1.165) is 0 Å². The summed E-state index contributed by atoms with van der Waals surface area (Å²) >= 11 is 6.24. The molecule has 0 N–H and O–H groups in total. The van der Waals surface area contributed by atoms with Gasteiger partial charge >= 0.3 is 13.3 Å². The van der Waals surface area contributed by atoms with Gasteiger partial charge in [0.2, 0.25) is 0 Å². The van der Waals surface area contributed by atoms with Crippen LogP contribution < -0.4 is 19.5 Å². The van der Waals surface area contributed by atoms with Gasteiger partial charge in [-0.25, -0.2) is 4.79 Å². The molecule has 3 aromatic carbocycles. The number of halogens is 1. The molecule has 1 atom stereocenters. The van der Waals surface area contributed by atoms with Gasteiger partial charge in [-0.05, 0) is 26.0 Å². The molecule has 1 unspecified atom stereocenters. The van der Waals surface area contributed by atoms with E-state index in [-0.39, 0.29) is 38.9 Å². The summed E-state index contributed by atoms with van der Waals surface area (Å²) in [5, 5.41) is 0.187. The fourth-order valence-corrected chi connectivity index (χ4v) is 5.65. The zero-order valence-corrected chi connectivity index (χ0v) is 20.5. The minimum absolute atomic E-state index is 0.00614. The Balaban J connectivity index is 2.24. The summed E-state index contributed by atoms with van der Waals surface area (Å²) in [6, 6.07) is 13.5. The Kier molecular flexibility index (Phi) is 7.52. The Hall–Kier alpha value is -3.21. The summed E-state index contributed by atoms with van der Waals surface area (Å²) in [5.41, 5.74) is 1.05. The Bertz CT molecular complexity index is 1220. The van der Waals surface area contributed by atoms with Gasteiger partial charge in [0.05, 0.1) is 26.4 Å². The van der Waals surface area contributed by atoms with E-state index in [1.165, 1.54) is 27.4 Å². The number of benzene rings is 3. The molecule has 0 radical (unpaired) electrons. The van der Waals surface area contributed by atoms with Crippen LogP contribution in [0, 0.1) is 13.8 Å². The highest BCUT2D eigenvalue weighted by Gasteiger charge is 2.44. The van der Waals surface area contributed by atoms with Crippen LogP contribution in [0.3, 0.4) is 0 Å². The van der Waals surface area contributed by atoms with E-state index < -0.39 is 13.3 Å². The summed E-state index contributed by atoms with van der Waals surface area (Å²) < 4.78 is 30.0. The second-order valence-corrected chi connectivity index (χ2v) is 9.00. The molecule has 0 amide bonds. The quantitative estimate of drug-likeness (QED) is 0.309. The summed E-state index contributed by atoms with van der Waals surface area (Å²) in [6.45, 7) is 3.38. The highest BCUT2D eigenvalue weighted by Crippen LogP contribution is 2.43. The predicted octanol–water partition coefficient (Wildman–Crippen LogP) is 5.51. The number of hydrogen-bond acceptors (Lipinski definition) is 6. The molecule has 0 fully saturated rings. The van der Waals surface area contributed by atoms with Crippen LogP contribution in [0.15, 0.2) is 48.5 Å². The predicted molar refractivity (Wildman–Crippen MR) is 128 cm³/mol. The standard InChI is InChI=1S/C25H23ClO6P/c1-14-19(21(27)16-10-7-6-8-11-16)15(2)23(32-5)24(22(14)31-4)33(29)25(28)20-17(26)12-9-13-18(20)30-3/h6-13H,1-5H3/q+1. The average Bonchev–Trinajstić information content (AvgIpc) is 2.83. The number of ketones is 1. The Morgan fingerprint density at radius 1 is 0.788 bits per heavy atom. The van der Waals surface area contributed by atoms with Crippen LogP contribution in [0.1, 0.15) is 37.4 Å². The number of methoxy groups -OCH3 is 3. The lowest BCUT2D eigenvalue weighted by molar-refractivity contribution is 0.103. The van der Waals surface area contributed by atoms with E-state index in [1.807, 2.05) is 6.07 Å². The monoisotopic (exact) mass is 485 g/mol. The molecule has 0 bridgehead atoms. The zero-order valence-electron chi connectivity index (χ0n) is 18.9. The van der Waals surface area contributed by atoms with Gasteiger partial charge in [-0.2, -0.15) is 0 Å². The minimum atomic E-state index is -2.74. The van der Waals surface area contributed by atoms with Gasteiger partial charge in [-0.15, -0.1) is 0 Å². The summed E-state index contributed by atoms with van der Waals surface area (Å²) in [5.74, 6) is 0.274. The number of rotatable bonds is 8. The highest BCUT2D eigenvalue weighted by atomic mass is 35.5. The van der Waals surface area contributed by atoms with Crippen molar-refractivity contribution >= 4 is 36.0 Å². The average molecular weight is 486 g/mol. The zero-order chi connectivity index (χ0) is 24.3. The van der Waals surface area contributed by atoms with Crippen molar-refractivity contribution in [2.24, 2.45) is 0 Å². The molecule has 0 saturated carbocycles. The molecule has 6 nitrogen and oxygen atoms in total. The van der Waals surface area contributed by atoms with Crippen molar-refractivity contribution in [3.63, 3.8) is 0 Å². The van der Waals surface area contributed by atoms with Gasteiger partial charge < -0.3 is 14.2 Å². The molecule has 3 rings (SSSR count). The Morgan fingerprint density at radius 2 is 1.36 bits per heavy atom. The van der Waals surface area contributed by atoms with Crippen LogP contribution >= 0.6 is 19.4 Å². The maximum absolute atomic E-state index is 13.6. The number of carbonyl (C=O) groups excluding carboxylic acids is 2. The van der Waals surface area contributed by atoms with Gasteiger partial charge in [0, 0.05) is 22.3 Å². The van der Waals surface area contributed by atoms with Gasteiger partial charge in [-0.1, -0.05) is 52.6 Å². The Labute approximate surface area is 198 Å². The van der Waals surface area contributed by atoms with Gasteiger partial charge in [0.25, 0.3) is 5.30 Å². The Morgan fingerprint density at radius 3 is 1.88 bits per heavy atom. The van der Waals surface area contributed by atoms with Crippen LogP contribution in [-0.4, -0.2) is 32.6 Å². The third-order valence-electron chi connectivity index (χ3n) is 5.33. The van der Waals surface area contributed by atoms with E-state index in [1.54, 1.807) is 50.2 Å². The molecule has 0 saturated heterocycles. The van der Waals surface area contributed by atoms with E-state index in [0.29, 0.717) is 22.3 Å².